The number of pyridine rings is 2. The van der Waals surface area contributed by atoms with E-state index in [1.54, 1.807) is 6.07 Å². The lowest BCUT2D eigenvalue weighted by atomic mass is 10.0. The van der Waals surface area contributed by atoms with E-state index >= 15 is 0 Å². The first-order chi connectivity index (χ1) is 16.5. The number of hydrogen-bond donors (Lipinski definition) is 0. The van der Waals surface area contributed by atoms with Gasteiger partial charge in [0.05, 0.1) is 49.6 Å². The van der Waals surface area contributed by atoms with Crippen molar-refractivity contribution in [2.45, 2.75) is 6.18 Å². The van der Waals surface area contributed by atoms with E-state index in [0.717, 1.165) is 12.1 Å². The molecule has 0 amide bonds. The molecule has 0 saturated carbocycles. The van der Waals surface area contributed by atoms with Gasteiger partial charge in [-0.2, -0.15) is 13.2 Å². The fraction of sp³-hybridized carbons (Fsp3) is 0.217. The fourth-order valence-electron chi connectivity index (χ4n) is 2.72. The summed E-state index contributed by atoms with van der Waals surface area (Å²) in [6.07, 6.45) is -1.83. The van der Waals surface area contributed by atoms with Gasteiger partial charge in [0.1, 0.15) is 0 Å². The Labute approximate surface area is 207 Å². The number of halogens is 4. The SMILES string of the molecule is COC(=O)c1cnc(OC)c(-c2cccc(C(F)(F)F)c2)c1.COC(=O)c1cnc(OC)c(Br)c1. The van der Waals surface area contributed by atoms with Crippen LogP contribution in [0.1, 0.15) is 26.3 Å². The van der Waals surface area contributed by atoms with E-state index in [0.29, 0.717) is 15.9 Å². The number of aromatic nitrogens is 2. The molecule has 2 aromatic heterocycles. The highest BCUT2D eigenvalue weighted by Crippen LogP contribution is 2.35. The Kier molecular flexibility index (Phi) is 9.58. The smallest absolute Gasteiger partial charge is 0.416 e. The van der Waals surface area contributed by atoms with E-state index in [9.17, 15) is 22.8 Å². The van der Waals surface area contributed by atoms with Crippen LogP contribution in [0.4, 0.5) is 13.2 Å². The van der Waals surface area contributed by atoms with Crippen LogP contribution in [0.2, 0.25) is 0 Å². The second-order valence-electron chi connectivity index (χ2n) is 6.56. The van der Waals surface area contributed by atoms with Gasteiger partial charge in [0.25, 0.3) is 0 Å². The Balaban J connectivity index is 0.000000283. The first kappa shape index (κ1) is 27.6. The maximum atomic E-state index is 12.8. The monoisotopic (exact) mass is 556 g/mol. The van der Waals surface area contributed by atoms with Crippen LogP contribution >= 0.6 is 15.9 Å². The lowest BCUT2D eigenvalue weighted by molar-refractivity contribution is -0.137. The van der Waals surface area contributed by atoms with Crippen LogP contribution in [0, 0.1) is 0 Å². The van der Waals surface area contributed by atoms with E-state index in [4.69, 9.17) is 9.47 Å². The topological polar surface area (TPSA) is 96.8 Å². The number of nitrogens with zero attached hydrogens (tertiary/aromatic N) is 2. The van der Waals surface area contributed by atoms with Crippen LogP contribution in [0.25, 0.3) is 11.1 Å². The summed E-state index contributed by atoms with van der Waals surface area (Å²) in [7, 11) is 5.37. The van der Waals surface area contributed by atoms with Crippen molar-refractivity contribution >= 4 is 27.9 Å². The van der Waals surface area contributed by atoms with Crippen LogP contribution in [0.15, 0.2) is 53.3 Å². The second-order valence-corrected chi connectivity index (χ2v) is 7.41. The van der Waals surface area contributed by atoms with Crippen molar-refractivity contribution in [2.24, 2.45) is 0 Å². The number of carbonyl (C=O) groups is 2. The van der Waals surface area contributed by atoms with Gasteiger partial charge in [-0.15, -0.1) is 0 Å². The van der Waals surface area contributed by atoms with Gasteiger partial charge in [0.15, 0.2) is 0 Å². The van der Waals surface area contributed by atoms with Gasteiger partial charge in [0.2, 0.25) is 11.8 Å². The molecule has 0 fully saturated rings. The van der Waals surface area contributed by atoms with Crippen molar-refractivity contribution < 1.29 is 41.7 Å². The highest BCUT2D eigenvalue weighted by molar-refractivity contribution is 9.10. The molecule has 0 spiro atoms. The van der Waals surface area contributed by atoms with Gasteiger partial charge in [0, 0.05) is 18.0 Å². The minimum atomic E-state index is -4.46. The normalized spacial score (nSPS) is 10.5. The van der Waals surface area contributed by atoms with E-state index in [-0.39, 0.29) is 22.6 Å². The predicted octanol–water partition coefficient (Wildman–Crippen LogP) is 5.20. The molecule has 3 aromatic rings. The number of rotatable bonds is 5. The third-order valence-electron chi connectivity index (χ3n) is 4.39. The molecule has 8 nitrogen and oxygen atoms in total. The molecule has 0 aliphatic carbocycles. The molecule has 0 aliphatic rings. The molecule has 35 heavy (non-hydrogen) atoms. The summed E-state index contributed by atoms with van der Waals surface area (Å²) >= 11 is 3.21. The molecule has 0 saturated heterocycles. The molecule has 0 bridgehead atoms. The second kappa shape index (κ2) is 12.2. The van der Waals surface area contributed by atoms with Gasteiger partial charge < -0.3 is 18.9 Å². The van der Waals surface area contributed by atoms with Gasteiger partial charge in [-0.25, -0.2) is 19.6 Å². The van der Waals surface area contributed by atoms with Crippen molar-refractivity contribution in [3.8, 4) is 22.9 Å². The summed E-state index contributed by atoms with van der Waals surface area (Å²) in [5.41, 5.74) is 0.225. The molecule has 0 aliphatic heterocycles. The minimum Gasteiger partial charge on any atom is -0.481 e. The molecule has 0 unspecified atom stereocenters. The van der Waals surface area contributed by atoms with Crippen LogP contribution < -0.4 is 9.47 Å². The Morgan fingerprint density at radius 2 is 1.37 bits per heavy atom. The van der Waals surface area contributed by atoms with E-state index < -0.39 is 23.7 Å². The van der Waals surface area contributed by atoms with Crippen molar-refractivity contribution in [3.63, 3.8) is 0 Å². The summed E-state index contributed by atoms with van der Waals surface area (Å²) in [5, 5.41) is 0. The molecule has 3 rings (SSSR count). The lowest BCUT2D eigenvalue weighted by Crippen LogP contribution is -2.06. The van der Waals surface area contributed by atoms with E-state index in [1.165, 1.54) is 59.0 Å². The zero-order valence-corrected chi connectivity index (χ0v) is 20.6. The molecular weight excluding hydrogens is 537 g/mol. The molecule has 0 N–H and O–H groups in total. The quantitative estimate of drug-likeness (QED) is 0.395. The first-order valence-corrected chi connectivity index (χ1v) is 10.4. The minimum absolute atomic E-state index is 0.118. The number of hydrogen-bond acceptors (Lipinski definition) is 8. The Morgan fingerprint density at radius 1 is 0.829 bits per heavy atom. The molecule has 0 radical (unpaired) electrons. The Bertz CT molecular complexity index is 1200. The van der Waals surface area contributed by atoms with Gasteiger partial charge in [-0.3, -0.25) is 0 Å². The number of alkyl halides is 3. The van der Waals surface area contributed by atoms with Gasteiger partial charge in [-0.1, -0.05) is 12.1 Å². The maximum Gasteiger partial charge on any atom is 0.416 e. The molecule has 2 heterocycles. The summed E-state index contributed by atoms with van der Waals surface area (Å²) < 4.78 is 58.1. The summed E-state index contributed by atoms with van der Waals surface area (Å²) in [4.78, 5) is 30.4. The zero-order chi connectivity index (χ0) is 26.2. The summed E-state index contributed by atoms with van der Waals surface area (Å²) in [5.74, 6) is -0.501. The van der Waals surface area contributed by atoms with Gasteiger partial charge in [-0.05, 0) is 45.8 Å². The van der Waals surface area contributed by atoms with Crippen molar-refractivity contribution in [1.82, 2.24) is 9.97 Å². The van der Waals surface area contributed by atoms with Crippen LogP contribution in [-0.2, 0) is 15.7 Å². The Hall–Kier alpha value is -3.67. The van der Waals surface area contributed by atoms with E-state index in [2.05, 4.69) is 35.4 Å². The van der Waals surface area contributed by atoms with Gasteiger partial charge >= 0.3 is 18.1 Å². The van der Waals surface area contributed by atoms with Crippen LogP contribution in [0.5, 0.6) is 11.8 Å². The average Bonchev–Trinajstić information content (AvgIpc) is 2.87. The maximum absolute atomic E-state index is 12.8. The molecule has 0 atom stereocenters. The number of carbonyl (C=O) groups excluding carboxylic acids is 2. The average molecular weight is 557 g/mol. The molecule has 1 aromatic carbocycles. The summed E-state index contributed by atoms with van der Waals surface area (Å²) in [6.45, 7) is 0. The van der Waals surface area contributed by atoms with Crippen molar-refractivity contribution in [1.29, 1.82) is 0 Å². The third-order valence-corrected chi connectivity index (χ3v) is 4.96. The number of benzene rings is 1. The third kappa shape index (κ3) is 7.15. The van der Waals surface area contributed by atoms with Crippen LogP contribution in [-0.4, -0.2) is 50.3 Å². The largest absolute Gasteiger partial charge is 0.481 e. The number of methoxy groups -OCH3 is 4. The van der Waals surface area contributed by atoms with Crippen molar-refractivity contribution in [2.75, 3.05) is 28.4 Å². The molecule has 186 valence electrons. The summed E-state index contributed by atoms with van der Waals surface area (Å²) in [6, 6.07) is 7.68. The fourth-order valence-corrected chi connectivity index (χ4v) is 3.23. The number of ether oxygens (including phenoxy) is 4. The number of esters is 2. The van der Waals surface area contributed by atoms with E-state index in [1.807, 2.05) is 0 Å². The Morgan fingerprint density at radius 3 is 1.86 bits per heavy atom. The zero-order valence-electron chi connectivity index (χ0n) is 19.0. The highest BCUT2D eigenvalue weighted by atomic mass is 79.9. The van der Waals surface area contributed by atoms with Crippen molar-refractivity contribution in [3.05, 3.63) is 70.0 Å². The lowest BCUT2D eigenvalue weighted by Gasteiger charge is -2.12. The standard InChI is InChI=1S/C15H12F3NO3.C8H8BrNO3/c1-21-13-12(7-10(8-19-13)14(20)22-2)9-4-3-5-11(6-9)15(16,17)18;1-12-7-6(9)3-5(4-10-7)8(11)13-2/h3-8H,1-2H3;3-4H,1-2H3. The highest BCUT2D eigenvalue weighted by Gasteiger charge is 2.30. The molecule has 12 heteroatoms. The molecular formula is C23H20BrF3N2O6. The van der Waals surface area contributed by atoms with Crippen LogP contribution in [0.3, 0.4) is 0 Å². The predicted molar refractivity (Wildman–Crippen MR) is 122 cm³/mol. The first-order valence-electron chi connectivity index (χ1n) is 9.63.